The topological polar surface area (TPSA) is 30.5 Å². The van der Waals surface area contributed by atoms with Crippen LogP contribution in [0.15, 0.2) is 24.3 Å². The zero-order chi connectivity index (χ0) is 14.9. The summed E-state index contributed by atoms with van der Waals surface area (Å²) in [5, 5.41) is 3.40. The molecule has 118 valence electrons. The molecule has 2 unspecified atom stereocenters. The molecule has 0 bridgehead atoms. The van der Waals surface area contributed by atoms with Gasteiger partial charge in [0.1, 0.15) is 12.7 Å². The number of fused-ring (bicyclic) bond motifs is 1. The van der Waals surface area contributed by atoms with Crippen molar-refractivity contribution in [1.82, 2.24) is 5.32 Å². The van der Waals surface area contributed by atoms with Gasteiger partial charge in [-0.2, -0.15) is 0 Å². The van der Waals surface area contributed by atoms with Crippen LogP contribution in [0.5, 0.6) is 11.5 Å². The van der Waals surface area contributed by atoms with Crippen molar-refractivity contribution in [3.8, 4) is 11.5 Å². The van der Waals surface area contributed by atoms with E-state index in [0.717, 1.165) is 17.9 Å². The van der Waals surface area contributed by atoms with Gasteiger partial charge in [-0.1, -0.05) is 57.6 Å². The van der Waals surface area contributed by atoms with Crippen LogP contribution in [0.4, 0.5) is 0 Å². The summed E-state index contributed by atoms with van der Waals surface area (Å²) < 4.78 is 11.9. The minimum Gasteiger partial charge on any atom is -0.486 e. The van der Waals surface area contributed by atoms with Crippen molar-refractivity contribution in [3.05, 3.63) is 24.3 Å². The lowest BCUT2D eigenvalue weighted by Gasteiger charge is -2.32. The van der Waals surface area contributed by atoms with Crippen LogP contribution in [-0.2, 0) is 0 Å². The van der Waals surface area contributed by atoms with E-state index in [2.05, 4.69) is 12.2 Å². The molecular formula is C18H29NO2. The van der Waals surface area contributed by atoms with Gasteiger partial charge >= 0.3 is 0 Å². The van der Waals surface area contributed by atoms with Crippen LogP contribution in [-0.4, -0.2) is 25.8 Å². The Morgan fingerprint density at radius 2 is 1.81 bits per heavy atom. The van der Waals surface area contributed by atoms with E-state index < -0.39 is 0 Å². The Labute approximate surface area is 129 Å². The molecule has 0 amide bonds. The third kappa shape index (κ3) is 4.92. The minimum atomic E-state index is 0.112. The van der Waals surface area contributed by atoms with Gasteiger partial charge in [-0.25, -0.2) is 0 Å². The molecule has 0 spiro atoms. The molecule has 0 aromatic heterocycles. The molecule has 3 nitrogen and oxygen atoms in total. The van der Waals surface area contributed by atoms with Crippen molar-refractivity contribution in [2.45, 2.75) is 64.0 Å². The molecule has 1 N–H and O–H groups in total. The molecule has 1 aliphatic rings. The van der Waals surface area contributed by atoms with Gasteiger partial charge < -0.3 is 14.8 Å². The van der Waals surface area contributed by atoms with Gasteiger partial charge in [-0.15, -0.1) is 0 Å². The molecule has 0 fully saturated rings. The lowest BCUT2D eigenvalue weighted by atomic mass is 10.0. The van der Waals surface area contributed by atoms with Gasteiger partial charge in [0.05, 0.1) is 0 Å². The Kier molecular flexibility index (Phi) is 6.87. The third-order valence-corrected chi connectivity index (χ3v) is 4.22. The molecule has 21 heavy (non-hydrogen) atoms. The van der Waals surface area contributed by atoms with Crippen molar-refractivity contribution in [1.29, 1.82) is 0 Å². The van der Waals surface area contributed by atoms with E-state index in [1.54, 1.807) is 0 Å². The van der Waals surface area contributed by atoms with E-state index in [-0.39, 0.29) is 6.10 Å². The quantitative estimate of drug-likeness (QED) is 0.693. The fourth-order valence-electron chi connectivity index (χ4n) is 2.89. The van der Waals surface area contributed by atoms with Crippen LogP contribution in [0, 0.1) is 0 Å². The van der Waals surface area contributed by atoms with Crippen LogP contribution in [0.3, 0.4) is 0 Å². The summed E-state index contributed by atoms with van der Waals surface area (Å²) in [6.07, 6.45) is 9.25. The number of ether oxygens (including phenoxy) is 2. The zero-order valence-corrected chi connectivity index (χ0v) is 13.4. The highest BCUT2D eigenvalue weighted by molar-refractivity contribution is 5.40. The standard InChI is InChI=1S/C18H29NO2/c1-3-4-5-6-7-8-11-15(19-2)18-14-20-16-12-9-10-13-17(16)21-18/h9-10,12-13,15,18-19H,3-8,11,14H2,1-2H3. The largest absolute Gasteiger partial charge is 0.486 e. The molecule has 1 aliphatic heterocycles. The Morgan fingerprint density at radius 3 is 2.57 bits per heavy atom. The number of rotatable bonds is 9. The molecule has 1 aromatic carbocycles. The summed E-state index contributed by atoms with van der Waals surface area (Å²) in [6, 6.07) is 8.29. The Morgan fingerprint density at radius 1 is 1.10 bits per heavy atom. The number of hydrogen-bond acceptors (Lipinski definition) is 3. The van der Waals surface area contributed by atoms with E-state index in [0.29, 0.717) is 12.6 Å². The van der Waals surface area contributed by atoms with E-state index in [1.165, 1.54) is 38.5 Å². The summed E-state index contributed by atoms with van der Waals surface area (Å²) in [6.45, 7) is 2.90. The number of hydrogen-bond donors (Lipinski definition) is 1. The molecule has 0 radical (unpaired) electrons. The summed E-state index contributed by atoms with van der Waals surface area (Å²) >= 11 is 0. The molecule has 2 atom stereocenters. The first-order valence-electron chi connectivity index (χ1n) is 8.41. The van der Waals surface area contributed by atoms with Crippen molar-refractivity contribution in [2.75, 3.05) is 13.7 Å². The molecule has 0 aliphatic carbocycles. The second-order valence-electron chi connectivity index (χ2n) is 5.87. The molecule has 0 saturated carbocycles. The highest BCUT2D eigenvalue weighted by Crippen LogP contribution is 2.32. The lowest BCUT2D eigenvalue weighted by Crippen LogP contribution is -2.46. The normalized spacial score (nSPS) is 18.5. The van der Waals surface area contributed by atoms with Crippen molar-refractivity contribution >= 4 is 0 Å². The first-order chi connectivity index (χ1) is 10.3. The van der Waals surface area contributed by atoms with Gasteiger partial charge in [-0.3, -0.25) is 0 Å². The molecular weight excluding hydrogens is 262 g/mol. The lowest BCUT2D eigenvalue weighted by molar-refractivity contribution is 0.0609. The number of benzene rings is 1. The smallest absolute Gasteiger partial charge is 0.161 e. The number of likely N-dealkylation sites (N-methyl/N-ethyl adjacent to an activating group) is 1. The fourth-order valence-corrected chi connectivity index (χ4v) is 2.89. The average Bonchev–Trinajstić information content (AvgIpc) is 2.54. The number of nitrogens with one attached hydrogen (secondary N) is 1. The zero-order valence-electron chi connectivity index (χ0n) is 13.4. The second-order valence-corrected chi connectivity index (χ2v) is 5.87. The van der Waals surface area contributed by atoms with Crippen LogP contribution in [0.25, 0.3) is 0 Å². The highest BCUT2D eigenvalue weighted by Gasteiger charge is 2.27. The Hall–Kier alpha value is -1.22. The molecule has 2 rings (SSSR count). The van der Waals surface area contributed by atoms with E-state index in [9.17, 15) is 0 Å². The maximum Gasteiger partial charge on any atom is 0.161 e. The first-order valence-corrected chi connectivity index (χ1v) is 8.41. The third-order valence-electron chi connectivity index (χ3n) is 4.22. The van der Waals surface area contributed by atoms with E-state index >= 15 is 0 Å². The summed E-state index contributed by atoms with van der Waals surface area (Å²) in [4.78, 5) is 0. The van der Waals surface area contributed by atoms with Gasteiger partial charge in [0.15, 0.2) is 11.5 Å². The van der Waals surface area contributed by atoms with Gasteiger partial charge in [0.25, 0.3) is 0 Å². The maximum absolute atomic E-state index is 6.09. The van der Waals surface area contributed by atoms with Gasteiger partial charge in [0, 0.05) is 6.04 Å². The minimum absolute atomic E-state index is 0.112. The SMILES string of the molecule is CCCCCCCCC(NC)C1COc2ccccc2O1. The van der Waals surface area contributed by atoms with Crippen molar-refractivity contribution in [2.24, 2.45) is 0 Å². The Balaban J connectivity index is 1.74. The maximum atomic E-state index is 6.09. The van der Waals surface area contributed by atoms with Crippen LogP contribution in [0.1, 0.15) is 51.9 Å². The number of para-hydroxylation sites is 2. The average molecular weight is 291 g/mol. The van der Waals surface area contributed by atoms with Crippen LogP contribution >= 0.6 is 0 Å². The highest BCUT2D eigenvalue weighted by atomic mass is 16.6. The molecule has 1 aromatic rings. The number of unbranched alkanes of at least 4 members (excludes halogenated alkanes) is 5. The molecule has 1 heterocycles. The monoisotopic (exact) mass is 291 g/mol. The summed E-state index contributed by atoms with van der Waals surface area (Å²) in [7, 11) is 2.02. The molecule has 3 heteroatoms. The van der Waals surface area contributed by atoms with E-state index in [1.807, 2.05) is 31.3 Å². The predicted molar refractivity (Wildman–Crippen MR) is 87.2 cm³/mol. The predicted octanol–water partition coefficient (Wildman–Crippen LogP) is 4.17. The molecule has 0 saturated heterocycles. The fraction of sp³-hybridized carbons (Fsp3) is 0.667. The second kappa shape index (κ2) is 8.93. The van der Waals surface area contributed by atoms with Gasteiger partial charge in [-0.05, 0) is 25.6 Å². The van der Waals surface area contributed by atoms with Crippen LogP contribution in [0.2, 0.25) is 0 Å². The summed E-state index contributed by atoms with van der Waals surface area (Å²) in [5.41, 5.74) is 0. The van der Waals surface area contributed by atoms with Crippen molar-refractivity contribution < 1.29 is 9.47 Å². The van der Waals surface area contributed by atoms with E-state index in [4.69, 9.17) is 9.47 Å². The van der Waals surface area contributed by atoms with Gasteiger partial charge in [0.2, 0.25) is 0 Å². The Bertz CT molecular complexity index is 408. The summed E-state index contributed by atoms with van der Waals surface area (Å²) in [5.74, 6) is 1.74. The first kappa shape index (κ1) is 16.2. The van der Waals surface area contributed by atoms with Crippen molar-refractivity contribution in [3.63, 3.8) is 0 Å². The van der Waals surface area contributed by atoms with Crippen LogP contribution < -0.4 is 14.8 Å².